The van der Waals surface area contributed by atoms with Gasteiger partial charge in [-0.1, -0.05) is 43.2 Å². The molecular formula is C21H28N2O5. The Morgan fingerprint density at radius 2 is 1.82 bits per heavy atom. The maximum Gasteiger partial charge on any atom is 0.334 e. The van der Waals surface area contributed by atoms with Gasteiger partial charge in [-0.05, 0) is 32.3 Å². The third-order valence-corrected chi connectivity index (χ3v) is 4.94. The fraction of sp³-hybridized carbons (Fsp3) is 0.476. The van der Waals surface area contributed by atoms with Crippen molar-refractivity contribution in [2.45, 2.75) is 45.6 Å². The molecule has 0 saturated heterocycles. The summed E-state index contributed by atoms with van der Waals surface area (Å²) in [6.45, 7) is 3.83. The van der Waals surface area contributed by atoms with Crippen LogP contribution in [0.25, 0.3) is 0 Å². The van der Waals surface area contributed by atoms with Crippen LogP contribution in [-0.2, 0) is 23.9 Å². The van der Waals surface area contributed by atoms with Gasteiger partial charge < -0.3 is 20.1 Å². The quantitative estimate of drug-likeness (QED) is 0.404. The summed E-state index contributed by atoms with van der Waals surface area (Å²) in [5.74, 6) is -1.41. The third-order valence-electron chi connectivity index (χ3n) is 4.94. The number of nitrogens with one attached hydrogen (secondary N) is 2. The van der Waals surface area contributed by atoms with E-state index in [1.165, 1.54) is 13.2 Å². The van der Waals surface area contributed by atoms with Gasteiger partial charge in [-0.2, -0.15) is 0 Å². The van der Waals surface area contributed by atoms with Crippen molar-refractivity contribution in [2.24, 2.45) is 5.41 Å². The molecule has 0 bridgehead atoms. The van der Waals surface area contributed by atoms with Crippen molar-refractivity contribution in [1.82, 2.24) is 10.6 Å². The standard InChI is InChI=1S/C21H28N2O5/c1-4-28-18(24)14-17(22-15(2)16-10-6-5-7-11-16)23-19(25)21(20(26)27-3)12-8-9-13-21/h5-7,10-11,14-15,22H,4,8-9,12-13H2,1-3H3,(H,23,25)/t15-/m0/s1. The Morgan fingerprint density at radius 3 is 2.39 bits per heavy atom. The van der Waals surface area contributed by atoms with Gasteiger partial charge in [-0.15, -0.1) is 0 Å². The lowest BCUT2D eigenvalue weighted by Gasteiger charge is -2.26. The molecule has 7 nitrogen and oxygen atoms in total. The normalized spacial score (nSPS) is 16.8. The second kappa shape index (κ2) is 9.92. The summed E-state index contributed by atoms with van der Waals surface area (Å²) >= 11 is 0. The summed E-state index contributed by atoms with van der Waals surface area (Å²) in [5.41, 5.74) is -0.241. The molecule has 1 aliphatic rings. The lowest BCUT2D eigenvalue weighted by Crippen LogP contribution is -2.47. The Kier molecular flexibility index (Phi) is 7.61. The van der Waals surface area contributed by atoms with E-state index < -0.39 is 23.3 Å². The number of esters is 2. The number of carbonyl (C=O) groups excluding carboxylic acids is 3. The number of ether oxygens (including phenoxy) is 2. The smallest absolute Gasteiger partial charge is 0.334 e. The van der Waals surface area contributed by atoms with Crippen LogP contribution in [0.5, 0.6) is 0 Å². The fourth-order valence-electron chi connectivity index (χ4n) is 3.41. The Morgan fingerprint density at radius 1 is 1.18 bits per heavy atom. The Balaban J connectivity index is 2.22. The summed E-state index contributed by atoms with van der Waals surface area (Å²) in [5, 5.41) is 5.84. The molecule has 0 unspecified atom stereocenters. The third kappa shape index (κ3) is 5.12. The van der Waals surface area contributed by atoms with Crippen molar-refractivity contribution in [3.63, 3.8) is 0 Å². The van der Waals surface area contributed by atoms with Gasteiger partial charge in [0.15, 0.2) is 0 Å². The van der Waals surface area contributed by atoms with Crippen molar-refractivity contribution in [3.8, 4) is 0 Å². The summed E-state index contributed by atoms with van der Waals surface area (Å²) in [7, 11) is 1.28. The first kappa shape index (κ1) is 21.5. The highest BCUT2D eigenvalue weighted by atomic mass is 16.5. The molecule has 0 aliphatic heterocycles. The highest BCUT2D eigenvalue weighted by Crippen LogP contribution is 2.39. The number of hydrogen-bond donors (Lipinski definition) is 2. The minimum absolute atomic E-state index is 0.181. The highest BCUT2D eigenvalue weighted by Gasteiger charge is 2.49. The van der Waals surface area contributed by atoms with Crippen LogP contribution in [0, 0.1) is 5.41 Å². The van der Waals surface area contributed by atoms with E-state index >= 15 is 0 Å². The summed E-state index contributed by atoms with van der Waals surface area (Å²) < 4.78 is 9.84. The molecule has 28 heavy (non-hydrogen) atoms. The van der Waals surface area contributed by atoms with Crippen LogP contribution >= 0.6 is 0 Å². The van der Waals surface area contributed by atoms with Crippen molar-refractivity contribution in [3.05, 3.63) is 47.8 Å². The molecule has 1 aromatic carbocycles. The van der Waals surface area contributed by atoms with Gasteiger partial charge in [0, 0.05) is 6.04 Å². The van der Waals surface area contributed by atoms with Crippen LogP contribution in [0.4, 0.5) is 0 Å². The Labute approximate surface area is 165 Å². The first-order chi connectivity index (χ1) is 13.4. The first-order valence-corrected chi connectivity index (χ1v) is 9.52. The summed E-state index contributed by atoms with van der Waals surface area (Å²) in [6, 6.07) is 9.42. The second-order valence-electron chi connectivity index (χ2n) is 6.82. The molecule has 1 amide bonds. The molecule has 2 rings (SSSR count). The van der Waals surface area contributed by atoms with Gasteiger partial charge in [-0.25, -0.2) is 4.79 Å². The Bertz CT molecular complexity index is 724. The average molecular weight is 388 g/mol. The van der Waals surface area contributed by atoms with Crippen molar-refractivity contribution >= 4 is 17.8 Å². The molecule has 1 saturated carbocycles. The van der Waals surface area contributed by atoms with E-state index in [2.05, 4.69) is 10.6 Å². The van der Waals surface area contributed by atoms with Crippen molar-refractivity contribution in [1.29, 1.82) is 0 Å². The molecule has 0 radical (unpaired) electrons. The second-order valence-corrected chi connectivity index (χ2v) is 6.82. The van der Waals surface area contributed by atoms with E-state index in [-0.39, 0.29) is 18.5 Å². The van der Waals surface area contributed by atoms with E-state index in [4.69, 9.17) is 9.47 Å². The van der Waals surface area contributed by atoms with E-state index in [0.29, 0.717) is 12.8 Å². The molecule has 1 aromatic rings. The number of benzene rings is 1. The topological polar surface area (TPSA) is 93.7 Å². The SMILES string of the molecule is CCOC(=O)C=C(NC(=O)C1(C(=O)OC)CCCC1)N[C@@H](C)c1ccccc1. The molecule has 152 valence electrons. The molecule has 0 aromatic heterocycles. The summed E-state index contributed by atoms with van der Waals surface area (Å²) in [6.07, 6.45) is 3.58. The average Bonchev–Trinajstić information content (AvgIpc) is 3.19. The van der Waals surface area contributed by atoms with Gasteiger partial charge in [-0.3, -0.25) is 9.59 Å². The van der Waals surface area contributed by atoms with Crippen molar-refractivity contribution < 1.29 is 23.9 Å². The predicted molar refractivity (Wildman–Crippen MR) is 104 cm³/mol. The molecule has 0 heterocycles. The summed E-state index contributed by atoms with van der Waals surface area (Å²) in [4.78, 5) is 37.3. The first-order valence-electron chi connectivity index (χ1n) is 9.52. The van der Waals surface area contributed by atoms with Gasteiger partial charge >= 0.3 is 11.9 Å². The van der Waals surface area contributed by atoms with Crippen LogP contribution in [0.2, 0.25) is 0 Å². The number of hydrogen-bond acceptors (Lipinski definition) is 6. The number of methoxy groups -OCH3 is 1. The zero-order valence-corrected chi connectivity index (χ0v) is 16.6. The van der Waals surface area contributed by atoms with E-state index in [1.807, 2.05) is 37.3 Å². The van der Waals surface area contributed by atoms with Crippen LogP contribution in [0.1, 0.15) is 51.1 Å². The van der Waals surface area contributed by atoms with E-state index in [1.54, 1.807) is 6.92 Å². The maximum absolute atomic E-state index is 13.0. The molecule has 1 atom stereocenters. The van der Waals surface area contributed by atoms with E-state index in [9.17, 15) is 14.4 Å². The van der Waals surface area contributed by atoms with Crippen LogP contribution in [0.15, 0.2) is 42.2 Å². The molecule has 1 fully saturated rings. The zero-order chi connectivity index (χ0) is 20.6. The molecule has 2 N–H and O–H groups in total. The van der Waals surface area contributed by atoms with Crippen LogP contribution in [0.3, 0.4) is 0 Å². The lowest BCUT2D eigenvalue weighted by molar-refractivity contribution is -0.158. The van der Waals surface area contributed by atoms with Gasteiger partial charge in [0.1, 0.15) is 11.2 Å². The lowest BCUT2D eigenvalue weighted by atomic mass is 9.85. The zero-order valence-electron chi connectivity index (χ0n) is 16.6. The Hall–Kier alpha value is -2.83. The minimum Gasteiger partial charge on any atom is -0.468 e. The highest BCUT2D eigenvalue weighted by molar-refractivity contribution is 6.03. The maximum atomic E-state index is 13.0. The monoisotopic (exact) mass is 388 g/mol. The number of amides is 1. The molecule has 1 aliphatic carbocycles. The molecule has 7 heteroatoms. The minimum atomic E-state index is -1.22. The number of rotatable bonds is 8. The number of carbonyl (C=O) groups is 3. The fourth-order valence-corrected chi connectivity index (χ4v) is 3.41. The van der Waals surface area contributed by atoms with Crippen LogP contribution in [-0.4, -0.2) is 31.6 Å². The van der Waals surface area contributed by atoms with Crippen LogP contribution < -0.4 is 10.6 Å². The van der Waals surface area contributed by atoms with Gasteiger partial charge in [0.05, 0.1) is 19.8 Å². The van der Waals surface area contributed by atoms with Gasteiger partial charge in [0.2, 0.25) is 5.91 Å². The van der Waals surface area contributed by atoms with Crippen molar-refractivity contribution in [2.75, 3.05) is 13.7 Å². The molecular weight excluding hydrogens is 360 g/mol. The van der Waals surface area contributed by atoms with Gasteiger partial charge in [0.25, 0.3) is 0 Å². The predicted octanol–water partition coefficient (Wildman–Crippen LogP) is 2.59. The van der Waals surface area contributed by atoms with E-state index in [0.717, 1.165) is 18.4 Å². The molecule has 0 spiro atoms. The largest absolute Gasteiger partial charge is 0.468 e.